The highest BCUT2D eigenvalue weighted by atomic mass is 32.2. The lowest BCUT2D eigenvalue weighted by Gasteiger charge is -2.26. The number of aromatic nitrogens is 2. The molecule has 3 aromatic rings. The monoisotopic (exact) mass is 425 g/mol. The van der Waals surface area contributed by atoms with Gasteiger partial charge in [-0.2, -0.15) is 0 Å². The fourth-order valence-corrected chi connectivity index (χ4v) is 7.01. The van der Waals surface area contributed by atoms with Crippen LogP contribution in [-0.4, -0.2) is 28.0 Å². The fraction of sp³-hybridized carbons (Fsp3) is 0.478. The van der Waals surface area contributed by atoms with Gasteiger partial charge in [-0.25, -0.2) is 4.98 Å². The van der Waals surface area contributed by atoms with Gasteiger partial charge in [-0.05, 0) is 37.4 Å². The van der Waals surface area contributed by atoms with E-state index in [-0.39, 0.29) is 5.56 Å². The van der Waals surface area contributed by atoms with Crippen LogP contribution in [0.1, 0.15) is 54.1 Å². The molecule has 1 aromatic carbocycles. The van der Waals surface area contributed by atoms with E-state index in [9.17, 15) is 4.79 Å². The predicted molar refractivity (Wildman–Crippen MR) is 122 cm³/mol. The summed E-state index contributed by atoms with van der Waals surface area (Å²) in [5, 5.41) is 1.82. The summed E-state index contributed by atoms with van der Waals surface area (Å²) in [6.45, 7) is 1.96. The zero-order chi connectivity index (χ0) is 19.8. The normalized spacial score (nSPS) is 18.2. The van der Waals surface area contributed by atoms with E-state index in [1.165, 1.54) is 35.3 Å². The molecule has 1 fully saturated rings. The Kier molecular flexibility index (Phi) is 5.50. The minimum atomic E-state index is 0.208. The summed E-state index contributed by atoms with van der Waals surface area (Å²) in [4.78, 5) is 23.5. The molecule has 0 N–H and O–H groups in total. The van der Waals surface area contributed by atoms with E-state index in [2.05, 4.69) is 40.8 Å². The Labute approximate surface area is 180 Å². The maximum absolute atomic E-state index is 13.8. The summed E-state index contributed by atoms with van der Waals surface area (Å²) >= 11 is 3.45. The largest absolute Gasteiger partial charge is 0.301 e. The number of hydrogen-bond donors (Lipinski definition) is 0. The molecule has 3 heterocycles. The number of rotatable bonds is 4. The van der Waals surface area contributed by atoms with Gasteiger partial charge in [0.25, 0.3) is 5.56 Å². The Morgan fingerprint density at radius 2 is 1.97 bits per heavy atom. The number of benzene rings is 1. The molecule has 152 valence electrons. The van der Waals surface area contributed by atoms with E-state index < -0.39 is 0 Å². The van der Waals surface area contributed by atoms with Crippen LogP contribution in [0.3, 0.4) is 0 Å². The first kappa shape index (κ1) is 19.3. The van der Waals surface area contributed by atoms with Crippen LogP contribution in [0.15, 0.2) is 40.3 Å². The molecule has 1 saturated carbocycles. The van der Waals surface area contributed by atoms with Gasteiger partial charge in [-0.15, -0.1) is 11.3 Å². The number of likely N-dealkylation sites (N-methyl/N-ethyl adjacent to an activating group) is 1. The highest BCUT2D eigenvalue weighted by Crippen LogP contribution is 2.36. The second-order valence-corrected chi connectivity index (χ2v) is 10.3. The average Bonchev–Trinajstić information content (AvgIpc) is 3.11. The highest BCUT2D eigenvalue weighted by Gasteiger charge is 2.27. The van der Waals surface area contributed by atoms with Crippen molar-refractivity contribution in [1.82, 2.24) is 14.5 Å². The Balaban J connectivity index is 1.60. The number of thiophene rings is 1. The van der Waals surface area contributed by atoms with Crippen molar-refractivity contribution in [2.45, 2.75) is 62.0 Å². The third-order valence-corrected chi connectivity index (χ3v) is 8.35. The third-order valence-electron chi connectivity index (χ3n) is 6.22. The lowest BCUT2D eigenvalue weighted by atomic mass is 9.95. The van der Waals surface area contributed by atoms with Crippen LogP contribution < -0.4 is 5.56 Å². The van der Waals surface area contributed by atoms with Crippen LogP contribution in [0.25, 0.3) is 10.2 Å². The average molecular weight is 426 g/mol. The predicted octanol–water partition coefficient (Wildman–Crippen LogP) is 5.24. The summed E-state index contributed by atoms with van der Waals surface area (Å²) in [5.41, 5.74) is 2.75. The Hall–Kier alpha value is -1.63. The van der Waals surface area contributed by atoms with Crippen LogP contribution >= 0.6 is 23.1 Å². The van der Waals surface area contributed by atoms with Gasteiger partial charge in [0, 0.05) is 29.8 Å². The van der Waals surface area contributed by atoms with E-state index in [4.69, 9.17) is 4.98 Å². The van der Waals surface area contributed by atoms with Gasteiger partial charge in [0.05, 0.1) is 5.39 Å². The molecule has 2 aromatic heterocycles. The number of hydrogen-bond acceptors (Lipinski definition) is 5. The van der Waals surface area contributed by atoms with Gasteiger partial charge in [-0.3, -0.25) is 9.36 Å². The molecule has 5 rings (SSSR count). The molecule has 1 aliphatic heterocycles. The van der Waals surface area contributed by atoms with Crippen molar-refractivity contribution in [2.24, 2.45) is 0 Å². The SMILES string of the molecule is CN1CCc2c(sc3nc(SCc4ccccc4)n(C4CCCCC4)c(=O)c23)C1. The number of thioether (sulfide) groups is 1. The van der Waals surface area contributed by atoms with E-state index in [0.29, 0.717) is 6.04 Å². The Morgan fingerprint density at radius 3 is 2.76 bits per heavy atom. The standard InChI is InChI=1S/C23H27N3OS2/c1-25-13-12-18-19(14-25)29-21-20(18)22(27)26(17-10-6-3-7-11-17)23(24-21)28-15-16-8-4-2-5-9-16/h2,4-5,8-9,17H,3,6-7,10-15H2,1H3. The molecule has 4 nitrogen and oxygen atoms in total. The third kappa shape index (κ3) is 3.78. The highest BCUT2D eigenvalue weighted by molar-refractivity contribution is 7.98. The molecule has 6 heteroatoms. The van der Waals surface area contributed by atoms with Crippen LogP contribution in [0.4, 0.5) is 0 Å². The molecule has 0 spiro atoms. The van der Waals surface area contributed by atoms with Crippen LogP contribution in [0.5, 0.6) is 0 Å². The Morgan fingerprint density at radius 1 is 1.17 bits per heavy atom. The Bertz CT molecular complexity index is 1070. The second kappa shape index (κ2) is 8.25. The summed E-state index contributed by atoms with van der Waals surface area (Å²) in [6.07, 6.45) is 6.87. The molecule has 1 aliphatic carbocycles. The van der Waals surface area contributed by atoms with E-state index in [0.717, 1.165) is 53.5 Å². The number of nitrogens with zero attached hydrogens (tertiary/aromatic N) is 3. The first-order valence-corrected chi connectivity index (χ1v) is 12.4. The smallest absolute Gasteiger partial charge is 0.263 e. The first-order chi connectivity index (χ1) is 14.2. The van der Waals surface area contributed by atoms with E-state index in [1.54, 1.807) is 23.1 Å². The van der Waals surface area contributed by atoms with Crippen molar-refractivity contribution in [2.75, 3.05) is 13.6 Å². The molecule has 0 amide bonds. The quantitative estimate of drug-likeness (QED) is 0.423. The minimum Gasteiger partial charge on any atom is -0.301 e. The zero-order valence-corrected chi connectivity index (χ0v) is 18.5. The van der Waals surface area contributed by atoms with Gasteiger partial charge in [0.15, 0.2) is 5.16 Å². The van der Waals surface area contributed by atoms with Gasteiger partial charge < -0.3 is 4.90 Å². The van der Waals surface area contributed by atoms with Crippen molar-refractivity contribution in [1.29, 1.82) is 0 Å². The van der Waals surface area contributed by atoms with Crippen molar-refractivity contribution < 1.29 is 0 Å². The summed E-state index contributed by atoms with van der Waals surface area (Å²) in [7, 11) is 2.15. The van der Waals surface area contributed by atoms with Gasteiger partial charge in [0.1, 0.15) is 4.83 Å². The lowest BCUT2D eigenvalue weighted by Crippen LogP contribution is -2.30. The molecular formula is C23H27N3OS2. The van der Waals surface area contributed by atoms with Crippen molar-refractivity contribution in [3.63, 3.8) is 0 Å². The summed E-state index contributed by atoms with van der Waals surface area (Å²) in [6, 6.07) is 10.8. The first-order valence-electron chi connectivity index (χ1n) is 10.6. The van der Waals surface area contributed by atoms with Gasteiger partial charge >= 0.3 is 0 Å². The molecule has 0 unspecified atom stereocenters. The summed E-state index contributed by atoms with van der Waals surface area (Å²) in [5.74, 6) is 0.847. The molecule has 0 atom stereocenters. The maximum Gasteiger partial charge on any atom is 0.263 e. The summed E-state index contributed by atoms with van der Waals surface area (Å²) < 4.78 is 2.07. The molecule has 2 aliphatic rings. The topological polar surface area (TPSA) is 38.1 Å². The molecule has 0 radical (unpaired) electrons. The molecular weight excluding hydrogens is 398 g/mol. The lowest BCUT2D eigenvalue weighted by molar-refractivity contribution is 0.317. The maximum atomic E-state index is 13.8. The van der Waals surface area contributed by atoms with E-state index >= 15 is 0 Å². The van der Waals surface area contributed by atoms with Crippen molar-refractivity contribution in [3.8, 4) is 0 Å². The second-order valence-electron chi connectivity index (χ2n) is 8.31. The minimum absolute atomic E-state index is 0.208. The molecule has 29 heavy (non-hydrogen) atoms. The zero-order valence-electron chi connectivity index (χ0n) is 16.9. The number of fused-ring (bicyclic) bond motifs is 3. The fourth-order valence-electron chi connectivity index (χ4n) is 4.65. The van der Waals surface area contributed by atoms with Crippen molar-refractivity contribution in [3.05, 3.63) is 56.7 Å². The van der Waals surface area contributed by atoms with Crippen molar-refractivity contribution >= 4 is 33.3 Å². The van der Waals surface area contributed by atoms with E-state index in [1.807, 2.05) is 6.07 Å². The molecule has 0 bridgehead atoms. The van der Waals surface area contributed by atoms with Crippen LogP contribution in [0.2, 0.25) is 0 Å². The van der Waals surface area contributed by atoms with Gasteiger partial charge in [-0.1, -0.05) is 61.4 Å². The van der Waals surface area contributed by atoms with Crippen LogP contribution in [-0.2, 0) is 18.7 Å². The van der Waals surface area contributed by atoms with Gasteiger partial charge in [0.2, 0.25) is 0 Å². The molecule has 0 saturated heterocycles. The van der Waals surface area contributed by atoms with Crippen LogP contribution in [0, 0.1) is 0 Å².